The van der Waals surface area contributed by atoms with E-state index in [9.17, 15) is 14.4 Å². The van der Waals surface area contributed by atoms with Gasteiger partial charge in [0.2, 0.25) is 0 Å². The lowest BCUT2D eigenvalue weighted by atomic mass is 10.1. The second-order valence-corrected chi connectivity index (χ2v) is 6.91. The number of thiocarbonyl (C=S) groups is 1. The number of aromatic carboxylic acids is 1. The molecule has 0 atom stereocenters. The fourth-order valence-corrected chi connectivity index (χ4v) is 3.57. The van der Waals surface area contributed by atoms with Crippen LogP contribution >= 0.6 is 12.2 Å². The Morgan fingerprint density at radius 3 is 2.48 bits per heavy atom. The molecule has 1 saturated heterocycles. The van der Waals surface area contributed by atoms with E-state index in [2.05, 4.69) is 5.32 Å². The molecule has 2 aromatic carbocycles. The molecule has 0 radical (unpaired) electrons. The van der Waals surface area contributed by atoms with E-state index in [1.807, 2.05) is 42.1 Å². The summed E-state index contributed by atoms with van der Waals surface area (Å²) < 4.78 is 1.92. The highest BCUT2D eigenvalue weighted by Gasteiger charge is 2.34. The molecule has 2 amide bonds. The first-order chi connectivity index (χ1) is 13.9. The maximum absolute atomic E-state index is 13.1. The lowest BCUT2D eigenvalue weighted by molar-refractivity contribution is -0.122. The zero-order valence-electron chi connectivity index (χ0n) is 15.2. The van der Waals surface area contributed by atoms with Crippen LogP contribution in [0.2, 0.25) is 0 Å². The van der Waals surface area contributed by atoms with Crippen molar-refractivity contribution >= 4 is 57.8 Å². The fourth-order valence-electron chi connectivity index (χ4n) is 3.29. The first kappa shape index (κ1) is 18.6. The normalized spacial score (nSPS) is 15.8. The molecular formula is C21H15N3O4S. The smallest absolute Gasteiger partial charge is 0.335 e. The summed E-state index contributed by atoms with van der Waals surface area (Å²) in [6.45, 7) is 0. The van der Waals surface area contributed by atoms with Gasteiger partial charge in [-0.15, -0.1) is 0 Å². The van der Waals surface area contributed by atoms with E-state index >= 15 is 0 Å². The Balaban J connectivity index is 1.77. The highest BCUT2D eigenvalue weighted by atomic mass is 32.1. The Bertz CT molecular complexity index is 1220. The van der Waals surface area contributed by atoms with Crippen molar-refractivity contribution in [3.8, 4) is 0 Å². The Hall–Kier alpha value is -3.78. The predicted molar refractivity (Wildman–Crippen MR) is 113 cm³/mol. The van der Waals surface area contributed by atoms with E-state index in [1.165, 1.54) is 29.2 Å². The number of anilines is 1. The molecule has 0 spiro atoms. The first-order valence-electron chi connectivity index (χ1n) is 8.65. The topological polar surface area (TPSA) is 91.6 Å². The van der Waals surface area contributed by atoms with Gasteiger partial charge in [-0.1, -0.05) is 18.2 Å². The van der Waals surface area contributed by atoms with Gasteiger partial charge in [-0.3, -0.25) is 19.8 Å². The SMILES string of the molecule is Cn1cc(/C=C2\C(=O)NC(=S)N(c3ccc(C(=O)O)cc3)C2=O)c2ccccc21. The minimum absolute atomic E-state index is 0.0573. The zero-order chi connectivity index (χ0) is 20.7. The van der Waals surface area contributed by atoms with Crippen molar-refractivity contribution in [3.63, 3.8) is 0 Å². The average molecular weight is 405 g/mol. The summed E-state index contributed by atoms with van der Waals surface area (Å²) in [5.41, 5.74) is 2.10. The molecule has 1 aromatic heterocycles. The van der Waals surface area contributed by atoms with Crippen LogP contribution < -0.4 is 10.2 Å². The molecule has 29 heavy (non-hydrogen) atoms. The number of hydrogen-bond acceptors (Lipinski definition) is 4. The minimum atomic E-state index is -1.08. The highest BCUT2D eigenvalue weighted by Crippen LogP contribution is 2.26. The molecule has 0 aliphatic carbocycles. The number of para-hydroxylation sites is 1. The lowest BCUT2D eigenvalue weighted by Gasteiger charge is -2.28. The number of carboxylic acids is 1. The van der Waals surface area contributed by atoms with Crippen molar-refractivity contribution in [2.45, 2.75) is 0 Å². The summed E-state index contributed by atoms with van der Waals surface area (Å²) >= 11 is 5.17. The van der Waals surface area contributed by atoms with E-state index in [-0.39, 0.29) is 16.2 Å². The van der Waals surface area contributed by atoms with Gasteiger partial charge in [0.1, 0.15) is 5.57 Å². The minimum Gasteiger partial charge on any atom is -0.478 e. The van der Waals surface area contributed by atoms with Gasteiger partial charge < -0.3 is 9.67 Å². The van der Waals surface area contributed by atoms with Crippen molar-refractivity contribution in [1.29, 1.82) is 0 Å². The Morgan fingerprint density at radius 2 is 1.79 bits per heavy atom. The summed E-state index contributed by atoms with van der Waals surface area (Å²) in [5, 5.41) is 12.4. The van der Waals surface area contributed by atoms with Gasteiger partial charge in [-0.05, 0) is 48.6 Å². The number of amides is 2. The quantitative estimate of drug-likeness (QED) is 0.397. The molecule has 8 heteroatoms. The van der Waals surface area contributed by atoms with Gasteiger partial charge in [0.15, 0.2) is 5.11 Å². The van der Waals surface area contributed by atoms with Gasteiger partial charge in [0.25, 0.3) is 11.8 Å². The molecule has 4 rings (SSSR count). The van der Waals surface area contributed by atoms with E-state index in [0.29, 0.717) is 5.69 Å². The molecule has 2 heterocycles. The molecule has 1 fully saturated rings. The van der Waals surface area contributed by atoms with Crippen LogP contribution in [0.15, 0.2) is 60.3 Å². The molecule has 3 aromatic rings. The number of carboxylic acid groups (broad SMARTS) is 1. The molecule has 0 bridgehead atoms. The van der Waals surface area contributed by atoms with E-state index < -0.39 is 17.8 Å². The van der Waals surface area contributed by atoms with Crippen molar-refractivity contribution in [3.05, 3.63) is 71.4 Å². The van der Waals surface area contributed by atoms with Crippen LogP contribution in [0.25, 0.3) is 17.0 Å². The number of fused-ring (bicyclic) bond motifs is 1. The zero-order valence-corrected chi connectivity index (χ0v) is 16.1. The number of benzene rings is 2. The summed E-state index contributed by atoms with van der Waals surface area (Å²) in [6.07, 6.45) is 3.39. The molecule has 2 N–H and O–H groups in total. The molecule has 1 aliphatic heterocycles. The number of aromatic nitrogens is 1. The molecular weight excluding hydrogens is 390 g/mol. The number of nitrogens with one attached hydrogen (secondary N) is 1. The lowest BCUT2D eigenvalue weighted by Crippen LogP contribution is -2.54. The van der Waals surface area contributed by atoms with Gasteiger partial charge in [-0.2, -0.15) is 0 Å². The van der Waals surface area contributed by atoms with E-state index in [1.54, 1.807) is 6.08 Å². The molecule has 144 valence electrons. The van der Waals surface area contributed by atoms with Crippen molar-refractivity contribution in [1.82, 2.24) is 9.88 Å². The second-order valence-electron chi connectivity index (χ2n) is 6.52. The van der Waals surface area contributed by atoms with Crippen LogP contribution in [0.1, 0.15) is 15.9 Å². The maximum atomic E-state index is 13.1. The van der Waals surface area contributed by atoms with Gasteiger partial charge >= 0.3 is 5.97 Å². The van der Waals surface area contributed by atoms with E-state index in [4.69, 9.17) is 17.3 Å². The van der Waals surface area contributed by atoms with Crippen LogP contribution in [-0.4, -0.2) is 32.6 Å². The predicted octanol–water partition coefficient (Wildman–Crippen LogP) is 2.71. The average Bonchev–Trinajstić information content (AvgIpc) is 3.01. The number of aryl methyl sites for hydroxylation is 1. The molecule has 0 unspecified atom stereocenters. The van der Waals surface area contributed by atoms with Gasteiger partial charge in [0, 0.05) is 29.7 Å². The third-order valence-corrected chi connectivity index (χ3v) is 4.99. The second kappa shape index (κ2) is 6.99. The van der Waals surface area contributed by atoms with Gasteiger partial charge in [0.05, 0.1) is 11.3 Å². The fraction of sp³-hybridized carbons (Fsp3) is 0.0476. The monoisotopic (exact) mass is 405 g/mol. The van der Waals surface area contributed by atoms with Crippen molar-refractivity contribution in [2.75, 3.05) is 4.90 Å². The van der Waals surface area contributed by atoms with Gasteiger partial charge in [-0.25, -0.2) is 4.79 Å². The Kier molecular flexibility index (Phi) is 4.48. The molecule has 0 saturated carbocycles. The van der Waals surface area contributed by atoms with Crippen LogP contribution in [0.3, 0.4) is 0 Å². The Labute approximate surface area is 170 Å². The van der Waals surface area contributed by atoms with Crippen molar-refractivity contribution < 1.29 is 19.5 Å². The van der Waals surface area contributed by atoms with Crippen LogP contribution in [0.4, 0.5) is 5.69 Å². The standard InChI is InChI=1S/C21H15N3O4S/c1-23-11-13(15-4-2-3-5-17(15)23)10-16-18(25)22-21(29)24(19(16)26)14-8-6-12(7-9-14)20(27)28/h2-11H,1H3,(H,27,28)(H,22,25,29)/b16-10+. The number of carbonyl (C=O) groups excluding carboxylic acids is 2. The molecule has 7 nitrogen and oxygen atoms in total. The summed E-state index contributed by atoms with van der Waals surface area (Å²) in [5.74, 6) is -2.23. The van der Waals surface area contributed by atoms with Crippen molar-refractivity contribution in [2.24, 2.45) is 7.05 Å². The summed E-state index contributed by atoms with van der Waals surface area (Å²) in [6, 6.07) is 13.4. The van der Waals surface area contributed by atoms with E-state index in [0.717, 1.165) is 16.5 Å². The highest BCUT2D eigenvalue weighted by molar-refractivity contribution is 7.80. The summed E-state index contributed by atoms with van der Waals surface area (Å²) in [4.78, 5) is 37.8. The van der Waals surface area contributed by atoms with Crippen LogP contribution in [0.5, 0.6) is 0 Å². The Morgan fingerprint density at radius 1 is 1.10 bits per heavy atom. The number of hydrogen-bond donors (Lipinski definition) is 2. The van der Waals surface area contributed by atoms with Crippen LogP contribution in [-0.2, 0) is 16.6 Å². The number of carbonyl (C=O) groups is 3. The third kappa shape index (κ3) is 3.19. The number of nitrogens with zero attached hydrogens (tertiary/aromatic N) is 2. The third-order valence-electron chi connectivity index (χ3n) is 4.70. The largest absolute Gasteiger partial charge is 0.478 e. The van der Waals surface area contributed by atoms with Crippen LogP contribution in [0, 0.1) is 0 Å². The maximum Gasteiger partial charge on any atom is 0.335 e. The number of rotatable bonds is 3. The first-order valence-corrected chi connectivity index (χ1v) is 9.06. The molecule has 1 aliphatic rings. The summed E-state index contributed by atoms with van der Waals surface area (Å²) in [7, 11) is 1.89.